The Morgan fingerprint density at radius 3 is 3.20 bits per heavy atom. The molecule has 15 heavy (non-hydrogen) atoms. The first-order chi connectivity index (χ1) is 7.40. The van der Waals surface area contributed by atoms with Gasteiger partial charge >= 0.3 is 0 Å². The number of hydrogen-bond donors (Lipinski definition) is 1. The molecule has 5 heteroatoms. The summed E-state index contributed by atoms with van der Waals surface area (Å²) in [5, 5.41) is 2.94. The first kappa shape index (κ1) is 10.2. The van der Waals surface area contributed by atoms with Gasteiger partial charge in [-0.3, -0.25) is 0 Å². The molecule has 0 aliphatic carbocycles. The quantitative estimate of drug-likeness (QED) is 0.777. The van der Waals surface area contributed by atoms with Crippen LogP contribution in [0.4, 0.5) is 11.8 Å². The molecule has 1 aliphatic heterocycles. The molecule has 0 atom stereocenters. The molecule has 0 spiro atoms. The lowest BCUT2D eigenvalue weighted by Crippen LogP contribution is -2.27. The van der Waals surface area contributed by atoms with Crippen molar-refractivity contribution in [1.29, 1.82) is 0 Å². The lowest BCUT2D eigenvalue weighted by molar-refractivity contribution is 0.152. The lowest BCUT2D eigenvalue weighted by Gasteiger charge is -2.20. The van der Waals surface area contributed by atoms with Gasteiger partial charge in [0.05, 0.1) is 6.61 Å². The Hall–Kier alpha value is -1.36. The minimum Gasteiger partial charge on any atom is -0.380 e. The van der Waals surface area contributed by atoms with Crippen molar-refractivity contribution in [3.63, 3.8) is 0 Å². The molecule has 0 unspecified atom stereocenters. The molecule has 1 saturated heterocycles. The largest absolute Gasteiger partial charge is 0.380 e. The van der Waals surface area contributed by atoms with E-state index in [0.29, 0.717) is 5.95 Å². The summed E-state index contributed by atoms with van der Waals surface area (Å²) in [5.41, 5.74) is 0. The summed E-state index contributed by atoms with van der Waals surface area (Å²) in [6.07, 6.45) is 2.83. The van der Waals surface area contributed by atoms with Crippen molar-refractivity contribution < 1.29 is 4.74 Å². The zero-order valence-electron chi connectivity index (χ0n) is 8.94. The summed E-state index contributed by atoms with van der Waals surface area (Å²) in [5.74, 6) is 1.64. The van der Waals surface area contributed by atoms with Crippen LogP contribution in [0.2, 0.25) is 0 Å². The van der Waals surface area contributed by atoms with Crippen LogP contribution in [0, 0.1) is 0 Å². The molecule has 5 nitrogen and oxygen atoms in total. The van der Waals surface area contributed by atoms with Crippen molar-refractivity contribution in [3.05, 3.63) is 12.3 Å². The van der Waals surface area contributed by atoms with Gasteiger partial charge in [-0.1, -0.05) is 0 Å². The number of nitrogens with one attached hydrogen (secondary N) is 1. The number of rotatable bonds is 2. The molecule has 1 aliphatic rings. The van der Waals surface area contributed by atoms with Crippen LogP contribution in [-0.2, 0) is 4.74 Å². The zero-order chi connectivity index (χ0) is 10.5. The Kier molecular flexibility index (Phi) is 3.34. The third-order valence-corrected chi connectivity index (χ3v) is 2.41. The molecule has 0 aromatic carbocycles. The van der Waals surface area contributed by atoms with Gasteiger partial charge in [0, 0.05) is 32.9 Å². The minimum absolute atomic E-state index is 0.665. The first-order valence-electron chi connectivity index (χ1n) is 5.23. The lowest BCUT2D eigenvalue weighted by atomic mass is 10.4. The second-order valence-electron chi connectivity index (χ2n) is 3.44. The molecule has 1 aromatic heterocycles. The Bertz CT molecular complexity index is 310. The highest BCUT2D eigenvalue weighted by atomic mass is 16.5. The topological polar surface area (TPSA) is 50.3 Å². The van der Waals surface area contributed by atoms with Gasteiger partial charge < -0.3 is 15.0 Å². The van der Waals surface area contributed by atoms with Crippen LogP contribution < -0.4 is 10.2 Å². The van der Waals surface area contributed by atoms with Gasteiger partial charge in [-0.2, -0.15) is 4.98 Å². The molecule has 1 fully saturated rings. The predicted molar refractivity (Wildman–Crippen MR) is 59.2 cm³/mol. The summed E-state index contributed by atoms with van der Waals surface area (Å²) in [7, 11) is 1.82. The average Bonchev–Trinajstić information content (AvgIpc) is 2.58. The molecule has 0 radical (unpaired) electrons. The van der Waals surface area contributed by atoms with Crippen LogP contribution in [0.3, 0.4) is 0 Å². The molecular formula is C10H16N4O. The molecule has 0 bridgehead atoms. The van der Waals surface area contributed by atoms with E-state index in [1.54, 1.807) is 6.20 Å². The Morgan fingerprint density at radius 1 is 1.40 bits per heavy atom. The highest BCUT2D eigenvalue weighted by Crippen LogP contribution is 2.13. The Morgan fingerprint density at radius 2 is 2.33 bits per heavy atom. The number of aromatic nitrogens is 2. The predicted octanol–water partition coefficient (Wildman–Crippen LogP) is 0.745. The van der Waals surface area contributed by atoms with Crippen molar-refractivity contribution >= 4 is 11.8 Å². The molecule has 2 heterocycles. The molecular weight excluding hydrogens is 192 g/mol. The molecule has 0 amide bonds. The molecule has 1 N–H and O–H groups in total. The van der Waals surface area contributed by atoms with Crippen molar-refractivity contribution in [2.45, 2.75) is 6.42 Å². The Balaban J connectivity index is 2.12. The smallest absolute Gasteiger partial charge is 0.224 e. The molecule has 1 aromatic rings. The average molecular weight is 208 g/mol. The fraction of sp³-hybridized carbons (Fsp3) is 0.600. The standard InChI is InChI=1S/C10H16N4O/c1-11-10-12-4-3-9(13-10)14-5-2-7-15-8-6-14/h3-4H,2,5-8H2,1H3,(H,11,12,13). The van der Waals surface area contributed by atoms with Crippen molar-refractivity contribution in [1.82, 2.24) is 9.97 Å². The van der Waals surface area contributed by atoms with E-state index in [0.717, 1.165) is 38.5 Å². The monoisotopic (exact) mass is 208 g/mol. The highest BCUT2D eigenvalue weighted by Gasteiger charge is 2.11. The summed E-state index contributed by atoms with van der Waals surface area (Å²) >= 11 is 0. The van der Waals surface area contributed by atoms with E-state index < -0.39 is 0 Å². The van der Waals surface area contributed by atoms with Crippen LogP contribution >= 0.6 is 0 Å². The minimum atomic E-state index is 0.665. The second kappa shape index (κ2) is 4.93. The van der Waals surface area contributed by atoms with E-state index in [2.05, 4.69) is 20.2 Å². The van der Waals surface area contributed by atoms with E-state index in [-0.39, 0.29) is 0 Å². The van der Waals surface area contributed by atoms with Crippen LogP contribution in [-0.4, -0.2) is 43.3 Å². The molecule has 2 rings (SSSR count). The van der Waals surface area contributed by atoms with Crippen LogP contribution in [0.5, 0.6) is 0 Å². The normalized spacial score (nSPS) is 17.3. The maximum absolute atomic E-state index is 5.40. The third-order valence-electron chi connectivity index (χ3n) is 2.41. The number of anilines is 2. The van der Waals surface area contributed by atoms with E-state index in [4.69, 9.17) is 4.74 Å². The second-order valence-corrected chi connectivity index (χ2v) is 3.44. The SMILES string of the molecule is CNc1nccc(N2CCCOCC2)n1. The van der Waals surface area contributed by atoms with Crippen LogP contribution in [0.1, 0.15) is 6.42 Å². The van der Waals surface area contributed by atoms with Gasteiger partial charge in [0.1, 0.15) is 5.82 Å². The third kappa shape index (κ3) is 2.56. The van der Waals surface area contributed by atoms with Gasteiger partial charge in [0.2, 0.25) is 5.95 Å². The zero-order valence-corrected chi connectivity index (χ0v) is 8.94. The maximum atomic E-state index is 5.40. The van der Waals surface area contributed by atoms with E-state index in [9.17, 15) is 0 Å². The molecule has 0 saturated carbocycles. The number of ether oxygens (including phenoxy) is 1. The van der Waals surface area contributed by atoms with Crippen molar-refractivity contribution in [2.75, 3.05) is 43.6 Å². The highest BCUT2D eigenvalue weighted by molar-refractivity contribution is 5.42. The fourth-order valence-electron chi connectivity index (χ4n) is 1.62. The number of nitrogens with zero attached hydrogens (tertiary/aromatic N) is 3. The fourth-order valence-corrected chi connectivity index (χ4v) is 1.62. The van der Waals surface area contributed by atoms with E-state index >= 15 is 0 Å². The summed E-state index contributed by atoms with van der Waals surface area (Å²) < 4.78 is 5.40. The van der Waals surface area contributed by atoms with Crippen molar-refractivity contribution in [3.8, 4) is 0 Å². The first-order valence-corrected chi connectivity index (χ1v) is 5.23. The summed E-state index contributed by atoms with van der Waals surface area (Å²) in [6, 6.07) is 1.94. The maximum Gasteiger partial charge on any atom is 0.224 e. The van der Waals surface area contributed by atoms with Crippen LogP contribution in [0.15, 0.2) is 12.3 Å². The Labute approximate surface area is 89.5 Å². The van der Waals surface area contributed by atoms with Crippen molar-refractivity contribution in [2.24, 2.45) is 0 Å². The number of hydrogen-bond acceptors (Lipinski definition) is 5. The summed E-state index contributed by atoms with van der Waals surface area (Å²) in [4.78, 5) is 10.7. The van der Waals surface area contributed by atoms with Crippen LogP contribution in [0.25, 0.3) is 0 Å². The molecule has 82 valence electrons. The summed E-state index contributed by atoms with van der Waals surface area (Å²) in [6.45, 7) is 3.53. The van der Waals surface area contributed by atoms with Gasteiger partial charge in [-0.15, -0.1) is 0 Å². The van der Waals surface area contributed by atoms with Gasteiger partial charge in [0.25, 0.3) is 0 Å². The van der Waals surface area contributed by atoms with Gasteiger partial charge in [-0.25, -0.2) is 4.98 Å². The van der Waals surface area contributed by atoms with Gasteiger partial charge in [0.15, 0.2) is 0 Å². The van der Waals surface area contributed by atoms with E-state index in [1.165, 1.54) is 0 Å². The van der Waals surface area contributed by atoms with E-state index in [1.807, 2.05) is 13.1 Å². The van der Waals surface area contributed by atoms with Gasteiger partial charge in [-0.05, 0) is 12.5 Å².